The summed E-state index contributed by atoms with van der Waals surface area (Å²) in [6, 6.07) is 1.68. The molecule has 0 aliphatic heterocycles. The van der Waals surface area contributed by atoms with Crippen LogP contribution in [0.5, 0.6) is 0 Å². The number of hydrogen-bond donors (Lipinski definition) is 1. The van der Waals surface area contributed by atoms with Gasteiger partial charge in [0.25, 0.3) is 0 Å². The van der Waals surface area contributed by atoms with Crippen molar-refractivity contribution in [3.05, 3.63) is 11.9 Å². The Morgan fingerprint density at radius 1 is 1.40 bits per heavy atom. The highest BCUT2D eigenvalue weighted by Gasteiger charge is 2.15. The maximum atomic E-state index is 11.9. The molecule has 7 heteroatoms. The Morgan fingerprint density at radius 3 is 2.65 bits per heavy atom. The molecule has 0 aliphatic rings. The van der Waals surface area contributed by atoms with E-state index in [-0.39, 0.29) is 12.5 Å². The second-order valence-corrected chi connectivity index (χ2v) is 4.71. The molecule has 1 aromatic rings. The van der Waals surface area contributed by atoms with Crippen molar-refractivity contribution in [2.24, 2.45) is 0 Å². The smallest absolute Gasteiger partial charge is 0.241 e. The van der Waals surface area contributed by atoms with E-state index in [9.17, 15) is 4.79 Å². The van der Waals surface area contributed by atoms with Crippen LogP contribution in [0.15, 0.2) is 6.07 Å². The highest BCUT2D eigenvalue weighted by atomic mass is 16.5. The van der Waals surface area contributed by atoms with Crippen LogP contribution in [0.25, 0.3) is 0 Å². The first-order valence-corrected chi connectivity index (χ1v) is 6.55. The first kappa shape index (κ1) is 16.2. The molecule has 112 valence electrons. The number of nitrogen functional groups attached to an aromatic ring is 1. The van der Waals surface area contributed by atoms with E-state index in [4.69, 9.17) is 10.5 Å². The van der Waals surface area contributed by atoms with Crippen molar-refractivity contribution in [3.63, 3.8) is 0 Å². The highest BCUT2D eigenvalue weighted by Crippen LogP contribution is 2.15. The Morgan fingerprint density at radius 2 is 2.10 bits per heavy atom. The fourth-order valence-electron chi connectivity index (χ4n) is 1.71. The maximum Gasteiger partial charge on any atom is 0.241 e. The molecule has 0 fully saturated rings. The molecule has 1 amide bonds. The SMILES string of the molecule is CCCN(CC(=O)N(C)C)c1cc(N)nc(COC)n1. The molecule has 0 unspecified atom stereocenters. The van der Waals surface area contributed by atoms with Gasteiger partial charge in [0.15, 0.2) is 5.82 Å². The number of anilines is 2. The second kappa shape index (κ2) is 7.64. The van der Waals surface area contributed by atoms with Crippen LogP contribution in [0.4, 0.5) is 11.6 Å². The van der Waals surface area contributed by atoms with Crippen LogP contribution in [0.2, 0.25) is 0 Å². The van der Waals surface area contributed by atoms with E-state index in [2.05, 4.69) is 9.97 Å². The molecule has 0 bridgehead atoms. The molecular formula is C13H23N5O2. The fourth-order valence-corrected chi connectivity index (χ4v) is 1.71. The molecule has 0 aliphatic carbocycles. The molecule has 0 spiro atoms. The molecule has 1 heterocycles. The number of nitrogens with zero attached hydrogens (tertiary/aromatic N) is 4. The molecule has 0 saturated heterocycles. The summed E-state index contributed by atoms with van der Waals surface area (Å²) in [5.74, 6) is 1.56. The average Bonchev–Trinajstić information content (AvgIpc) is 2.37. The lowest BCUT2D eigenvalue weighted by Crippen LogP contribution is -2.37. The van der Waals surface area contributed by atoms with Gasteiger partial charge in [-0.1, -0.05) is 6.92 Å². The molecule has 0 saturated carbocycles. The van der Waals surface area contributed by atoms with E-state index in [1.54, 1.807) is 32.2 Å². The number of hydrogen-bond acceptors (Lipinski definition) is 6. The van der Waals surface area contributed by atoms with E-state index in [0.717, 1.165) is 13.0 Å². The minimum absolute atomic E-state index is 0.0175. The lowest BCUT2D eigenvalue weighted by molar-refractivity contribution is -0.127. The van der Waals surface area contributed by atoms with Gasteiger partial charge in [0.1, 0.15) is 18.2 Å². The summed E-state index contributed by atoms with van der Waals surface area (Å²) in [6.45, 7) is 3.33. The molecule has 1 rings (SSSR count). The first-order valence-electron chi connectivity index (χ1n) is 6.55. The van der Waals surface area contributed by atoms with Crippen molar-refractivity contribution in [3.8, 4) is 0 Å². The lowest BCUT2D eigenvalue weighted by atomic mass is 10.3. The van der Waals surface area contributed by atoms with E-state index in [1.807, 2.05) is 11.8 Å². The molecule has 7 nitrogen and oxygen atoms in total. The molecular weight excluding hydrogens is 258 g/mol. The number of aromatic nitrogens is 2. The van der Waals surface area contributed by atoms with Gasteiger partial charge >= 0.3 is 0 Å². The van der Waals surface area contributed by atoms with E-state index in [1.165, 1.54) is 0 Å². The Hall–Kier alpha value is -1.89. The number of nitrogens with two attached hydrogens (primary N) is 1. The number of methoxy groups -OCH3 is 1. The summed E-state index contributed by atoms with van der Waals surface area (Å²) >= 11 is 0. The van der Waals surface area contributed by atoms with E-state index in [0.29, 0.717) is 24.1 Å². The molecule has 2 N–H and O–H groups in total. The number of amides is 1. The van der Waals surface area contributed by atoms with Gasteiger partial charge in [0.05, 0.1) is 6.54 Å². The maximum absolute atomic E-state index is 11.9. The standard InChI is InChI=1S/C13H23N5O2/c1-5-6-18(8-13(19)17(2)3)12-7-10(14)15-11(16-12)9-20-4/h7H,5-6,8-9H2,1-4H3,(H2,14,15,16). The Labute approximate surface area is 119 Å². The lowest BCUT2D eigenvalue weighted by Gasteiger charge is -2.24. The summed E-state index contributed by atoms with van der Waals surface area (Å²) in [5, 5.41) is 0. The second-order valence-electron chi connectivity index (χ2n) is 4.71. The normalized spacial score (nSPS) is 10.4. The van der Waals surface area contributed by atoms with Crippen LogP contribution < -0.4 is 10.6 Å². The summed E-state index contributed by atoms with van der Waals surface area (Å²) < 4.78 is 5.02. The molecule has 0 radical (unpaired) electrons. The number of ether oxygens (including phenoxy) is 1. The van der Waals surface area contributed by atoms with Crippen LogP contribution in [0, 0.1) is 0 Å². The number of rotatable bonds is 7. The number of carbonyl (C=O) groups excluding carboxylic acids is 1. The van der Waals surface area contributed by atoms with Gasteiger partial charge in [0, 0.05) is 33.8 Å². The third-order valence-electron chi connectivity index (χ3n) is 2.69. The molecule has 1 aromatic heterocycles. The quantitative estimate of drug-likeness (QED) is 0.784. The van der Waals surface area contributed by atoms with Gasteiger partial charge in [-0.2, -0.15) is 0 Å². The van der Waals surface area contributed by atoms with Crippen molar-refractivity contribution < 1.29 is 9.53 Å². The van der Waals surface area contributed by atoms with Crippen molar-refractivity contribution in [2.75, 3.05) is 44.9 Å². The Kier molecular flexibility index (Phi) is 6.17. The van der Waals surface area contributed by atoms with E-state index < -0.39 is 0 Å². The van der Waals surface area contributed by atoms with Gasteiger partial charge in [-0.15, -0.1) is 0 Å². The summed E-state index contributed by atoms with van der Waals surface area (Å²) in [5.41, 5.74) is 5.79. The van der Waals surface area contributed by atoms with Crippen molar-refractivity contribution in [1.82, 2.24) is 14.9 Å². The van der Waals surface area contributed by atoms with Crippen LogP contribution in [0.3, 0.4) is 0 Å². The van der Waals surface area contributed by atoms with Crippen LogP contribution in [-0.4, -0.2) is 55.1 Å². The van der Waals surface area contributed by atoms with Gasteiger partial charge in [-0.25, -0.2) is 9.97 Å². The fraction of sp³-hybridized carbons (Fsp3) is 0.615. The number of likely N-dealkylation sites (N-methyl/N-ethyl adjacent to an activating group) is 1. The average molecular weight is 281 g/mol. The van der Waals surface area contributed by atoms with Gasteiger partial charge in [-0.05, 0) is 6.42 Å². The van der Waals surface area contributed by atoms with Crippen LogP contribution >= 0.6 is 0 Å². The number of carbonyl (C=O) groups is 1. The van der Waals surface area contributed by atoms with Crippen LogP contribution in [-0.2, 0) is 16.1 Å². The zero-order chi connectivity index (χ0) is 15.1. The monoisotopic (exact) mass is 281 g/mol. The first-order chi connectivity index (χ1) is 9.47. The molecule has 20 heavy (non-hydrogen) atoms. The largest absolute Gasteiger partial charge is 0.384 e. The summed E-state index contributed by atoms with van der Waals surface area (Å²) in [6.07, 6.45) is 0.907. The minimum atomic E-state index is 0.0175. The third-order valence-corrected chi connectivity index (χ3v) is 2.69. The van der Waals surface area contributed by atoms with Crippen LogP contribution in [0.1, 0.15) is 19.2 Å². The minimum Gasteiger partial charge on any atom is -0.384 e. The summed E-state index contributed by atoms with van der Waals surface area (Å²) in [4.78, 5) is 23.8. The Balaban J connectivity index is 2.98. The van der Waals surface area contributed by atoms with Crippen molar-refractivity contribution in [1.29, 1.82) is 0 Å². The van der Waals surface area contributed by atoms with Crippen molar-refractivity contribution >= 4 is 17.5 Å². The molecule has 0 atom stereocenters. The van der Waals surface area contributed by atoms with E-state index >= 15 is 0 Å². The van der Waals surface area contributed by atoms with Gasteiger partial charge in [-0.3, -0.25) is 4.79 Å². The zero-order valence-electron chi connectivity index (χ0n) is 12.6. The topological polar surface area (TPSA) is 84.6 Å². The predicted molar refractivity (Wildman–Crippen MR) is 78.4 cm³/mol. The highest BCUT2D eigenvalue weighted by molar-refractivity contribution is 5.80. The third kappa shape index (κ3) is 4.65. The van der Waals surface area contributed by atoms with Gasteiger partial charge in [0.2, 0.25) is 5.91 Å². The zero-order valence-corrected chi connectivity index (χ0v) is 12.6. The summed E-state index contributed by atoms with van der Waals surface area (Å²) in [7, 11) is 5.04. The predicted octanol–water partition coefficient (Wildman–Crippen LogP) is 0.510. The van der Waals surface area contributed by atoms with Gasteiger partial charge < -0.3 is 20.3 Å². The Bertz CT molecular complexity index is 450. The van der Waals surface area contributed by atoms with Crippen molar-refractivity contribution in [2.45, 2.75) is 20.0 Å². The molecule has 0 aromatic carbocycles.